The summed E-state index contributed by atoms with van der Waals surface area (Å²) < 4.78 is 0. The molecule has 1 N–H and O–H groups in total. The summed E-state index contributed by atoms with van der Waals surface area (Å²) in [5.74, 6) is 0.841. The van der Waals surface area contributed by atoms with Crippen LogP contribution in [-0.2, 0) is 0 Å². The highest BCUT2D eigenvalue weighted by Gasteiger charge is 1.89. The first-order valence-electron chi connectivity index (χ1n) is 3.82. The monoisotopic (exact) mass is 185 g/mol. The van der Waals surface area contributed by atoms with Gasteiger partial charge in [-0.3, -0.25) is 0 Å². The van der Waals surface area contributed by atoms with E-state index in [4.69, 9.17) is 0 Å². The summed E-state index contributed by atoms with van der Waals surface area (Å²) in [7, 11) is 0. The van der Waals surface area contributed by atoms with Gasteiger partial charge in [0.15, 0.2) is 0 Å². The van der Waals surface area contributed by atoms with Gasteiger partial charge in [0.1, 0.15) is 5.82 Å². The summed E-state index contributed by atoms with van der Waals surface area (Å²) in [6.45, 7) is 4.84. The van der Waals surface area contributed by atoms with Crippen molar-refractivity contribution in [1.82, 2.24) is 10.2 Å². The number of thiol groups is 1. The largest absolute Gasteiger partial charge is 0.369 e. The topological polar surface area (TPSA) is 37.8 Å². The standard InChI is InChI=1S/C7H11N3.CH4S/c1-3-8-7-5-4-6(2)9-10-7;1-2/h4-5H,3H2,1-2H3,(H,8,10);2H,1H3. The van der Waals surface area contributed by atoms with Crippen LogP contribution in [0.1, 0.15) is 12.6 Å². The van der Waals surface area contributed by atoms with Gasteiger partial charge in [0.05, 0.1) is 5.69 Å². The Kier molecular flexibility index (Phi) is 6.47. The fraction of sp³-hybridized carbons (Fsp3) is 0.500. The van der Waals surface area contributed by atoms with Crippen LogP contribution in [-0.4, -0.2) is 23.0 Å². The molecule has 0 bridgehead atoms. The second-order valence-corrected chi connectivity index (χ2v) is 2.09. The Balaban J connectivity index is 0.000000561. The molecule has 0 atom stereocenters. The number of aryl methyl sites for hydroxylation is 1. The normalized spacial score (nSPS) is 8.33. The first kappa shape index (κ1) is 11.2. The fourth-order valence-corrected chi connectivity index (χ4v) is 0.674. The summed E-state index contributed by atoms with van der Waals surface area (Å²) in [5.41, 5.74) is 0.946. The quantitative estimate of drug-likeness (QED) is 0.689. The zero-order valence-electron chi connectivity index (χ0n) is 7.70. The van der Waals surface area contributed by atoms with E-state index in [-0.39, 0.29) is 0 Å². The molecule has 0 aliphatic heterocycles. The van der Waals surface area contributed by atoms with Crippen molar-refractivity contribution in [2.45, 2.75) is 13.8 Å². The summed E-state index contributed by atoms with van der Waals surface area (Å²) in [4.78, 5) is 0. The van der Waals surface area contributed by atoms with Crippen molar-refractivity contribution in [3.63, 3.8) is 0 Å². The molecule has 3 nitrogen and oxygen atoms in total. The van der Waals surface area contributed by atoms with E-state index >= 15 is 0 Å². The van der Waals surface area contributed by atoms with E-state index in [0.29, 0.717) is 0 Å². The van der Waals surface area contributed by atoms with E-state index in [2.05, 4.69) is 28.1 Å². The van der Waals surface area contributed by atoms with Gasteiger partial charge < -0.3 is 5.32 Å². The lowest BCUT2D eigenvalue weighted by atomic mass is 10.4. The van der Waals surface area contributed by atoms with Crippen LogP contribution in [0, 0.1) is 6.92 Å². The molecule has 0 aromatic carbocycles. The number of aromatic nitrogens is 2. The van der Waals surface area contributed by atoms with Crippen LogP contribution in [0.4, 0.5) is 5.82 Å². The van der Waals surface area contributed by atoms with Crippen molar-refractivity contribution in [2.24, 2.45) is 0 Å². The minimum Gasteiger partial charge on any atom is -0.369 e. The summed E-state index contributed by atoms with van der Waals surface area (Å²) in [6.07, 6.45) is 1.69. The Morgan fingerprint density at radius 1 is 1.33 bits per heavy atom. The molecule has 0 aliphatic rings. The van der Waals surface area contributed by atoms with Gasteiger partial charge in [-0.2, -0.15) is 17.7 Å². The molecular formula is C8H15N3S. The minimum absolute atomic E-state index is 0.841. The molecule has 1 aromatic rings. The van der Waals surface area contributed by atoms with Gasteiger partial charge in [-0.25, -0.2) is 0 Å². The minimum atomic E-state index is 0.841. The molecule has 1 heterocycles. The third-order valence-electron chi connectivity index (χ3n) is 1.16. The zero-order valence-corrected chi connectivity index (χ0v) is 8.60. The van der Waals surface area contributed by atoms with Crippen molar-refractivity contribution in [1.29, 1.82) is 0 Å². The molecule has 0 amide bonds. The SMILES string of the molecule is CCNc1ccc(C)nn1.CS. The molecule has 68 valence electrons. The van der Waals surface area contributed by atoms with Gasteiger partial charge in [0.2, 0.25) is 0 Å². The van der Waals surface area contributed by atoms with Crippen LogP contribution in [0.15, 0.2) is 12.1 Å². The Hall–Kier alpha value is -0.770. The Morgan fingerprint density at radius 2 is 2.00 bits per heavy atom. The van der Waals surface area contributed by atoms with Crippen LogP contribution in [0.2, 0.25) is 0 Å². The molecule has 0 unspecified atom stereocenters. The van der Waals surface area contributed by atoms with Crippen molar-refractivity contribution in [3.05, 3.63) is 17.8 Å². The summed E-state index contributed by atoms with van der Waals surface area (Å²) >= 11 is 3.53. The maximum Gasteiger partial charge on any atom is 0.148 e. The average Bonchev–Trinajstić information content (AvgIpc) is 2.13. The van der Waals surface area contributed by atoms with Crippen LogP contribution >= 0.6 is 12.6 Å². The van der Waals surface area contributed by atoms with Gasteiger partial charge in [-0.05, 0) is 32.2 Å². The Labute approximate surface area is 79.0 Å². The third kappa shape index (κ3) is 4.18. The molecule has 0 spiro atoms. The first-order valence-corrected chi connectivity index (χ1v) is 4.71. The summed E-state index contributed by atoms with van der Waals surface area (Å²) in [6, 6.07) is 3.86. The van der Waals surface area contributed by atoms with E-state index in [1.807, 2.05) is 26.0 Å². The number of hydrogen-bond donors (Lipinski definition) is 2. The van der Waals surface area contributed by atoms with Gasteiger partial charge in [-0.1, -0.05) is 0 Å². The molecule has 1 aromatic heterocycles. The number of rotatable bonds is 2. The number of anilines is 1. The fourth-order valence-electron chi connectivity index (χ4n) is 0.674. The Bertz CT molecular complexity index is 198. The smallest absolute Gasteiger partial charge is 0.148 e. The van der Waals surface area contributed by atoms with E-state index < -0.39 is 0 Å². The molecular weight excluding hydrogens is 170 g/mol. The maximum absolute atomic E-state index is 3.91. The van der Waals surface area contributed by atoms with Crippen LogP contribution in [0.25, 0.3) is 0 Å². The molecule has 0 aliphatic carbocycles. The van der Waals surface area contributed by atoms with Crippen molar-refractivity contribution < 1.29 is 0 Å². The molecule has 0 radical (unpaired) electrons. The number of hydrogen-bond acceptors (Lipinski definition) is 4. The average molecular weight is 185 g/mol. The lowest BCUT2D eigenvalue weighted by Gasteiger charge is -1.98. The van der Waals surface area contributed by atoms with E-state index in [9.17, 15) is 0 Å². The van der Waals surface area contributed by atoms with Gasteiger partial charge in [0.25, 0.3) is 0 Å². The predicted octanol–water partition coefficient (Wildman–Crippen LogP) is 1.76. The van der Waals surface area contributed by atoms with Crippen molar-refractivity contribution >= 4 is 18.4 Å². The highest BCUT2D eigenvalue weighted by molar-refractivity contribution is 7.79. The van der Waals surface area contributed by atoms with E-state index in [1.54, 1.807) is 6.26 Å². The molecule has 0 saturated carbocycles. The zero-order chi connectivity index (χ0) is 9.40. The number of nitrogens with zero attached hydrogens (tertiary/aromatic N) is 2. The van der Waals surface area contributed by atoms with Gasteiger partial charge in [0, 0.05) is 6.54 Å². The Morgan fingerprint density at radius 3 is 2.42 bits per heavy atom. The lowest BCUT2D eigenvalue weighted by molar-refractivity contribution is 0.970. The van der Waals surface area contributed by atoms with Crippen molar-refractivity contribution in [3.8, 4) is 0 Å². The molecule has 12 heavy (non-hydrogen) atoms. The van der Waals surface area contributed by atoms with E-state index in [1.165, 1.54) is 0 Å². The maximum atomic E-state index is 3.91. The molecule has 1 rings (SSSR count). The van der Waals surface area contributed by atoms with Crippen molar-refractivity contribution in [2.75, 3.05) is 18.1 Å². The highest BCUT2D eigenvalue weighted by Crippen LogP contribution is 1.98. The first-order chi connectivity index (χ1) is 5.83. The molecule has 0 saturated heterocycles. The highest BCUT2D eigenvalue weighted by atomic mass is 32.1. The van der Waals surface area contributed by atoms with Gasteiger partial charge >= 0.3 is 0 Å². The van der Waals surface area contributed by atoms with Crippen LogP contribution < -0.4 is 5.32 Å². The van der Waals surface area contributed by atoms with Crippen LogP contribution in [0.5, 0.6) is 0 Å². The summed E-state index contributed by atoms with van der Waals surface area (Å²) in [5, 5.41) is 10.9. The second kappa shape index (κ2) is 6.91. The van der Waals surface area contributed by atoms with E-state index in [0.717, 1.165) is 18.1 Å². The molecule has 4 heteroatoms. The number of nitrogens with one attached hydrogen (secondary N) is 1. The second-order valence-electron chi connectivity index (χ2n) is 2.09. The lowest BCUT2D eigenvalue weighted by Crippen LogP contribution is -2.00. The molecule has 0 fully saturated rings. The predicted molar refractivity (Wildman–Crippen MR) is 55.8 cm³/mol. The van der Waals surface area contributed by atoms with Gasteiger partial charge in [-0.15, -0.1) is 5.10 Å². The van der Waals surface area contributed by atoms with Crippen LogP contribution in [0.3, 0.4) is 0 Å². The third-order valence-corrected chi connectivity index (χ3v) is 1.16.